The number of benzene rings is 1. The van der Waals surface area contributed by atoms with Gasteiger partial charge < -0.3 is 9.84 Å². The Balaban J connectivity index is 1.70. The first-order chi connectivity index (χ1) is 10.1. The fourth-order valence-corrected chi connectivity index (χ4v) is 3.04. The van der Waals surface area contributed by atoms with Gasteiger partial charge in [-0.2, -0.15) is 4.98 Å². The van der Waals surface area contributed by atoms with Gasteiger partial charge in [-0.15, -0.1) is 0 Å². The van der Waals surface area contributed by atoms with E-state index in [1.165, 1.54) is 0 Å². The lowest BCUT2D eigenvalue weighted by atomic mass is 10.1. The van der Waals surface area contributed by atoms with Crippen LogP contribution in [0, 0.1) is 0 Å². The van der Waals surface area contributed by atoms with Crippen molar-refractivity contribution in [3.05, 3.63) is 45.5 Å². The second-order valence-electron chi connectivity index (χ2n) is 5.56. The van der Waals surface area contributed by atoms with Crippen molar-refractivity contribution >= 4 is 23.2 Å². The largest absolute Gasteiger partial charge is 0.339 e. The van der Waals surface area contributed by atoms with Gasteiger partial charge in [0.2, 0.25) is 5.89 Å². The van der Waals surface area contributed by atoms with E-state index in [1.807, 2.05) is 19.2 Å². The molecule has 112 valence electrons. The van der Waals surface area contributed by atoms with Crippen molar-refractivity contribution in [2.75, 3.05) is 7.05 Å². The molecule has 0 amide bonds. The van der Waals surface area contributed by atoms with Gasteiger partial charge in [0.25, 0.3) is 0 Å². The number of nitrogens with one attached hydrogen (secondary N) is 1. The van der Waals surface area contributed by atoms with Gasteiger partial charge in [0.1, 0.15) is 0 Å². The summed E-state index contributed by atoms with van der Waals surface area (Å²) >= 11 is 12.2. The molecule has 0 bridgehead atoms. The summed E-state index contributed by atoms with van der Waals surface area (Å²) in [5.41, 5.74) is 1.11. The molecule has 0 aliphatic heterocycles. The normalized spacial score (nSPS) is 22.3. The van der Waals surface area contributed by atoms with Crippen LogP contribution in [-0.4, -0.2) is 23.2 Å². The van der Waals surface area contributed by atoms with Crippen LogP contribution in [0.4, 0.5) is 0 Å². The van der Waals surface area contributed by atoms with Crippen LogP contribution < -0.4 is 5.32 Å². The van der Waals surface area contributed by atoms with Crippen LogP contribution in [0.3, 0.4) is 0 Å². The number of hydrogen-bond acceptors (Lipinski definition) is 4. The minimum atomic E-state index is 0.273. The van der Waals surface area contributed by atoms with Gasteiger partial charge in [0.05, 0.1) is 0 Å². The molecule has 21 heavy (non-hydrogen) atoms. The number of nitrogens with zero attached hydrogens (tertiary/aromatic N) is 2. The number of rotatable bonds is 5. The van der Waals surface area contributed by atoms with E-state index < -0.39 is 0 Å². The van der Waals surface area contributed by atoms with E-state index in [-0.39, 0.29) is 5.92 Å². The van der Waals surface area contributed by atoms with Gasteiger partial charge in [-0.25, -0.2) is 0 Å². The summed E-state index contributed by atoms with van der Waals surface area (Å²) in [5.74, 6) is 2.09. The lowest BCUT2D eigenvalue weighted by Crippen LogP contribution is -2.24. The highest BCUT2D eigenvalue weighted by Crippen LogP contribution is 2.55. The van der Waals surface area contributed by atoms with Crippen LogP contribution in [-0.2, 0) is 6.42 Å². The van der Waals surface area contributed by atoms with Crippen molar-refractivity contribution in [3.63, 3.8) is 0 Å². The fraction of sp³-hybridized carbons (Fsp3) is 0.467. The van der Waals surface area contributed by atoms with Gasteiger partial charge in [0.15, 0.2) is 5.82 Å². The van der Waals surface area contributed by atoms with E-state index in [9.17, 15) is 0 Å². The molecule has 1 aliphatic rings. The summed E-state index contributed by atoms with van der Waals surface area (Å²) < 4.78 is 5.39. The first-order valence-electron chi connectivity index (χ1n) is 7.03. The molecule has 3 rings (SSSR count). The van der Waals surface area contributed by atoms with Gasteiger partial charge in [-0.05, 0) is 44.0 Å². The van der Waals surface area contributed by atoms with E-state index in [2.05, 4.69) is 22.4 Å². The summed E-state index contributed by atoms with van der Waals surface area (Å²) in [6.45, 7) is 2.09. The standard InChI is InChI=1S/C15H17Cl2N3O/c1-8(18-2)5-14-19-15(21-20-14)12-7-11(12)10-4-3-9(16)6-13(10)17/h3-4,6,8,11-12,18H,5,7H2,1-2H3. The molecule has 1 N–H and O–H groups in total. The van der Waals surface area contributed by atoms with Crippen LogP contribution >= 0.6 is 23.2 Å². The van der Waals surface area contributed by atoms with Crippen LogP contribution in [0.15, 0.2) is 22.7 Å². The predicted octanol–water partition coefficient (Wildman–Crippen LogP) is 3.80. The molecule has 6 heteroatoms. The van der Waals surface area contributed by atoms with E-state index >= 15 is 0 Å². The minimum Gasteiger partial charge on any atom is -0.339 e. The predicted molar refractivity (Wildman–Crippen MR) is 83.1 cm³/mol. The van der Waals surface area contributed by atoms with E-state index in [0.717, 1.165) is 24.2 Å². The van der Waals surface area contributed by atoms with Crippen molar-refractivity contribution in [2.45, 2.75) is 37.6 Å². The lowest BCUT2D eigenvalue weighted by molar-refractivity contribution is 0.371. The molecule has 1 aromatic carbocycles. The molecule has 0 radical (unpaired) electrons. The van der Waals surface area contributed by atoms with Crippen LogP contribution in [0.25, 0.3) is 0 Å². The first-order valence-corrected chi connectivity index (χ1v) is 7.78. The molecule has 1 saturated carbocycles. The molecule has 3 unspecified atom stereocenters. The quantitative estimate of drug-likeness (QED) is 0.908. The van der Waals surface area contributed by atoms with Crippen molar-refractivity contribution < 1.29 is 4.52 Å². The number of likely N-dealkylation sites (N-methyl/N-ethyl adjacent to an activating group) is 1. The molecule has 1 aliphatic carbocycles. The Morgan fingerprint density at radius 3 is 2.90 bits per heavy atom. The van der Waals surface area contributed by atoms with Crippen molar-refractivity contribution in [1.29, 1.82) is 0 Å². The highest BCUT2D eigenvalue weighted by atomic mass is 35.5. The summed E-state index contributed by atoms with van der Waals surface area (Å²) in [6, 6.07) is 5.96. The minimum absolute atomic E-state index is 0.273. The maximum Gasteiger partial charge on any atom is 0.230 e. The van der Waals surface area contributed by atoms with Crippen molar-refractivity contribution in [1.82, 2.24) is 15.5 Å². The number of hydrogen-bond donors (Lipinski definition) is 1. The van der Waals surface area contributed by atoms with Gasteiger partial charge >= 0.3 is 0 Å². The summed E-state index contributed by atoms with van der Waals surface area (Å²) in [4.78, 5) is 4.50. The van der Waals surface area contributed by atoms with Crippen molar-refractivity contribution in [3.8, 4) is 0 Å². The SMILES string of the molecule is CNC(C)Cc1noc(C2CC2c2ccc(Cl)cc2Cl)n1. The first kappa shape index (κ1) is 14.8. The fourth-order valence-electron chi connectivity index (χ4n) is 2.49. The Kier molecular flexibility index (Phi) is 4.20. The average molecular weight is 326 g/mol. The summed E-state index contributed by atoms with van der Waals surface area (Å²) in [5, 5.41) is 8.57. The molecule has 0 saturated heterocycles. The molecule has 1 fully saturated rings. The average Bonchev–Trinajstić information content (AvgIpc) is 3.10. The Labute approximate surface area is 133 Å². The molecule has 1 heterocycles. The molecular formula is C15H17Cl2N3O. The monoisotopic (exact) mass is 325 g/mol. The van der Waals surface area contributed by atoms with Gasteiger partial charge in [-0.3, -0.25) is 0 Å². The topological polar surface area (TPSA) is 51.0 Å². The van der Waals surface area contributed by atoms with Gasteiger partial charge in [-0.1, -0.05) is 34.4 Å². The van der Waals surface area contributed by atoms with Crippen molar-refractivity contribution in [2.24, 2.45) is 0 Å². The lowest BCUT2D eigenvalue weighted by Gasteiger charge is -2.04. The molecule has 3 atom stereocenters. The highest BCUT2D eigenvalue weighted by Gasteiger charge is 2.44. The molecule has 1 aromatic heterocycles. The zero-order valence-electron chi connectivity index (χ0n) is 11.9. The molecule has 2 aromatic rings. The molecule has 4 nitrogen and oxygen atoms in total. The Hall–Kier alpha value is -1.10. The smallest absolute Gasteiger partial charge is 0.230 e. The Morgan fingerprint density at radius 1 is 1.38 bits per heavy atom. The second kappa shape index (κ2) is 5.95. The second-order valence-corrected chi connectivity index (χ2v) is 6.40. The van der Waals surface area contributed by atoms with E-state index in [0.29, 0.717) is 27.9 Å². The molecule has 0 spiro atoms. The van der Waals surface area contributed by atoms with E-state index in [1.54, 1.807) is 6.07 Å². The maximum atomic E-state index is 6.25. The third kappa shape index (κ3) is 3.23. The molecular weight excluding hydrogens is 309 g/mol. The third-order valence-corrected chi connectivity index (χ3v) is 4.50. The summed E-state index contributed by atoms with van der Waals surface area (Å²) in [6.07, 6.45) is 1.75. The van der Waals surface area contributed by atoms with Crippen LogP contribution in [0.2, 0.25) is 10.0 Å². The third-order valence-electron chi connectivity index (χ3n) is 3.93. The summed E-state index contributed by atoms with van der Waals surface area (Å²) in [7, 11) is 1.92. The zero-order valence-corrected chi connectivity index (χ0v) is 13.4. The van der Waals surface area contributed by atoms with E-state index in [4.69, 9.17) is 27.7 Å². The highest BCUT2D eigenvalue weighted by molar-refractivity contribution is 6.35. The zero-order chi connectivity index (χ0) is 15.0. The van der Waals surface area contributed by atoms with Gasteiger partial charge in [0, 0.05) is 28.4 Å². The number of halogens is 2. The number of aromatic nitrogens is 2. The van der Waals surface area contributed by atoms with Crippen LogP contribution in [0.5, 0.6) is 0 Å². The Bertz CT molecular complexity index is 644. The van der Waals surface area contributed by atoms with Crippen LogP contribution in [0.1, 0.15) is 42.5 Å². The Morgan fingerprint density at radius 2 is 2.19 bits per heavy atom. The maximum absolute atomic E-state index is 6.25.